The van der Waals surface area contributed by atoms with E-state index in [0.29, 0.717) is 41.8 Å². The number of hydrogen-bond donors (Lipinski definition) is 2. The van der Waals surface area contributed by atoms with Crippen LogP contribution in [0.2, 0.25) is 10.0 Å². The summed E-state index contributed by atoms with van der Waals surface area (Å²) in [6.45, 7) is 4.40. The van der Waals surface area contributed by atoms with Crippen LogP contribution in [0, 0.1) is 5.92 Å². The molecule has 144 valence electrons. The minimum Gasteiger partial charge on any atom is -0.352 e. The number of halogens is 2. The molecule has 0 atom stereocenters. The molecule has 0 saturated carbocycles. The van der Waals surface area contributed by atoms with Gasteiger partial charge >= 0.3 is 0 Å². The van der Waals surface area contributed by atoms with Gasteiger partial charge in [0.05, 0.1) is 10.0 Å². The Kier molecular flexibility index (Phi) is 8.14. The van der Waals surface area contributed by atoms with Crippen LogP contribution in [0.5, 0.6) is 0 Å². The van der Waals surface area contributed by atoms with Crippen molar-refractivity contribution in [1.29, 1.82) is 0 Å². The number of rotatable bonds is 8. The van der Waals surface area contributed by atoms with Crippen LogP contribution in [0.1, 0.15) is 37.8 Å². The largest absolute Gasteiger partial charge is 0.352 e. The zero-order chi connectivity index (χ0) is 19.8. The van der Waals surface area contributed by atoms with Crippen molar-refractivity contribution in [3.05, 3.63) is 63.6 Å². The zero-order valence-corrected chi connectivity index (χ0v) is 17.0. The topological polar surface area (TPSA) is 58.2 Å². The molecular formula is C21H24Cl2N2O2. The fraction of sp³-hybridized carbons (Fsp3) is 0.333. The summed E-state index contributed by atoms with van der Waals surface area (Å²) in [5, 5.41) is 6.76. The quantitative estimate of drug-likeness (QED) is 0.630. The molecule has 2 aromatic rings. The van der Waals surface area contributed by atoms with E-state index in [1.807, 2.05) is 50.2 Å². The first-order valence-corrected chi connectivity index (χ1v) is 9.69. The Morgan fingerprint density at radius 1 is 1.04 bits per heavy atom. The van der Waals surface area contributed by atoms with Crippen molar-refractivity contribution in [3.8, 4) is 0 Å². The van der Waals surface area contributed by atoms with Gasteiger partial charge in [-0.2, -0.15) is 0 Å². The maximum Gasteiger partial charge on any atom is 0.224 e. The highest BCUT2D eigenvalue weighted by Gasteiger charge is 2.09. The SMILES string of the molecule is CC(C)CC(=O)Nc1cccc(CNC(=O)CCc2cccc(Cl)c2Cl)c1. The lowest BCUT2D eigenvalue weighted by Crippen LogP contribution is -2.23. The molecule has 0 unspecified atom stereocenters. The number of anilines is 1. The van der Waals surface area contributed by atoms with Crippen LogP contribution in [-0.4, -0.2) is 11.8 Å². The number of hydrogen-bond acceptors (Lipinski definition) is 2. The second-order valence-electron chi connectivity index (χ2n) is 6.84. The Labute approximate surface area is 170 Å². The second-order valence-corrected chi connectivity index (χ2v) is 7.62. The van der Waals surface area contributed by atoms with Gasteiger partial charge in [0.1, 0.15) is 0 Å². The van der Waals surface area contributed by atoms with Crippen LogP contribution in [0.25, 0.3) is 0 Å². The van der Waals surface area contributed by atoms with Gasteiger partial charge in [-0.15, -0.1) is 0 Å². The van der Waals surface area contributed by atoms with E-state index >= 15 is 0 Å². The first kappa shape index (κ1) is 21.3. The highest BCUT2D eigenvalue weighted by Crippen LogP contribution is 2.26. The molecule has 27 heavy (non-hydrogen) atoms. The fourth-order valence-electron chi connectivity index (χ4n) is 2.62. The van der Waals surface area contributed by atoms with Crippen molar-refractivity contribution in [3.63, 3.8) is 0 Å². The number of nitrogens with one attached hydrogen (secondary N) is 2. The number of benzene rings is 2. The normalized spacial score (nSPS) is 10.7. The summed E-state index contributed by atoms with van der Waals surface area (Å²) in [6, 6.07) is 12.9. The van der Waals surface area contributed by atoms with Crippen molar-refractivity contribution >= 4 is 40.7 Å². The van der Waals surface area contributed by atoms with E-state index < -0.39 is 0 Å². The molecule has 0 bridgehead atoms. The molecule has 4 nitrogen and oxygen atoms in total. The van der Waals surface area contributed by atoms with Crippen LogP contribution in [0.3, 0.4) is 0 Å². The van der Waals surface area contributed by atoms with Crippen LogP contribution in [-0.2, 0) is 22.6 Å². The van der Waals surface area contributed by atoms with Gasteiger partial charge in [-0.1, -0.05) is 61.3 Å². The van der Waals surface area contributed by atoms with Crippen LogP contribution in [0.4, 0.5) is 5.69 Å². The molecule has 6 heteroatoms. The van der Waals surface area contributed by atoms with E-state index in [9.17, 15) is 9.59 Å². The minimum atomic E-state index is -0.0692. The molecule has 0 heterocycles. The molecule has 2 aromatic carbocycles. The Morgan fingerprint density at radius 3 is 2.52 bits per heavy atom. The van der Waals surface area contributed by atoms with Gasteiger partial charge in [0.15, 0.2) is 0 Å². The highest BCUT2D eigenvalue weighted by molar-refractivity contribution is 6.42. The number of aryl methyl sites for hydroxylation is 1. The summed E-state index contributed by atoms with van der Waals surface area (Å²) < 4.78 is 0. The first-order valence-electron chi connectivity index (χ1n) is 8.93. The molecule has 0 aromatic heterocycles. The van der Waals surface area contributed by atoms with Crippen LogP contribution < -0.4 is 10.6 Å². The smallest absolute Gasteiger partial charge is 0.224 e. The molecular weight excluding hydrogens is 383 g/mol. The highest BCUT2D eigenvalue weighted by atomic mass is 35.5. The summed E-state index contributed by atoms with van der Waals surface area (Å²) in [7, 11) is 0. The average molecular weight is 407 g/mol. The lowest BCUT2D eigenvalue weighted by molar-refractivity contribution is -0.121. The maximum absolute atomic E-state index is 12.1. The third-order valence-electron chi connectivity index (χ3n) is 3.95. The molecule has 0 aliphatic carbocycles. The molecule has 0 saturated heterocycles. The minimum absolute atomic E-state index is 0.00964. The average Bonchev–Trinajstić information content (AvgIpc) is 2.61. The predicted octanol–water partition coefficient (Wildman–Crippen LogP) is 5.23. The third-order valence-corrected chi connectivity index (χ3v) is 4.81. The van der Waals surface area contributed by atoms with Crippen molar-refractivity contribution in [2.75, 3.05) is 5.32 Å². The van der Waals surface area contributed by atoms with Crippen molar-refractivity contribution < 1.29 is 9.59 Å². The van der Waals surface area contributed by atoms with Crippen molar-refractivity contribution in [2.45, 2.75) is 39.7 Å². The monoisotopic (exact) mass is 406 g/mol. The molecule has 0 radical (unpaired) electrons. The standard InChI is InChI=1S/C21H24Cl2N2O2/c1-14(2)11-20(27)25-17-7-3-5-15(12-17)13-24-19(26)10-9-16-6-4-8-18(22)21(16)23/h3-8,12,14H,9-11,13H2,1-2H3,(H,24,26)(H,25,27). The van der Waals surface area contributed by atoms with E-state index in [4.69, 9.17) is 23.2 Å². The predicted molar refractivity (Wildman–Crippen MR) is 111 cm³/mol. The lowest BCUT2D eigenvalue weighted by atomic mass is 10.1. The van der Waals surface area contributed by atoms with E-state index in [1.54, 1.807) is 6.07 Å². The van der Waals surface area contributed by atoms with E-state index in [2.05, 4.69) is 10.6 Å². The summed E-state index contributed by atoms with van der Waals surface area (Å²) in [6.07, 6.45) is 1.33. The van der Waals surface area contributed by atoms with E-state index in [0.717, 1.165) is 16.8 Å². The third kappa shape index (κ3) is 7.24. The number of carbonyl (C=O) groups is 2. The van der Waals surface area contributed by atoms with Crippen LogP contribution in [0.15, 0.2) is 42.5 Å². The molecule has 0 aliphatic heterocycles. The van der Waals surface area contributed by atoms with E-state index in [-0.39, 0.29) is 11.8 Å². The van der Waals surface area contributed by atoms with Gasteiger partial charge in [0.2, 0.25) is 11.8 Å². The summed E-state index contributed by atoms with van der Waals surface area (Å²) in [5.41, 5.74) is 2.51. The Hall–Kier alpha value is -2.04. The molecule has 0 fully saturated rings. The van der Waals surface area contributed by atoms with Gasteiger partial charge in [-0.3, -0.25) is 9.59 Å². The molecule has 0 aliphatic rings. The Bertz CT molecular complexity index is 807. The molecule has 0 spiro atoms. The van der Waals surface area contributed by atoms with Crippen molar-refractivity contribution in [2.24, 2.45) is 5.92 Å². The Balaban J connectivity index is 1.83. The molecule has 2 amide bonds. The van der Waals surface area contributed by atoms with Crippen molar-refractivity contribution in [1.82, 2.24) is 5.32 Å². The lowest BCUT2D eigenvalue weighted by Gasteiger charge is -2.10. The summed E-state index contributed by atoms with van der Waals surface area (Å²) in [5.74, 6) is 0.227. The van der Waals surface area contributed by atoms with E-state index in [1.165, 1.54) is 0 Å². The molecule has 2 rings (SSSR count). The summed E-state index contributed by atoms with van der Waals surface area (Å²) in [4.78, 5) is 24.0. The Morgan fingerprint density at radius 2 is 1.78 bits per heavy atom. The van der Waals surface area contributed by atoms with Crippen LogP contribution >= 0.6 is 23.2 Å². The first-order chi connectivity index (χ1) is 12.8. The van der Waals surface area contributed by atoms with Gasteiger partial charge in [-0.25, -0.2) is 0 Å². The molecule has 2 N–H and O–H groups in total. The number of amides is 2. The zero-order valence-electron chi connectivity index (χ0n) is 15.5. The van der Waals surface area contributed by atoms with Gasteiger partial charge in [0.25, 0.3) is 0 Å². The van der Waals surface area contributed by atoms with Gasteiger partial charge < -0.3 is 10.6 Å². The second kappa shape index (κ2) is 10.3. The fourth-order valence-corrected chi connectivity index (χ4v) is 3.04. The van der Waals surface area contributed by atoms with Gasteiger partial charge in [-0.05, 0) is 41.7 Å². The van der Waals surface area contributed by atoms with Gasteiger partial charge in [0, 0.05) is 25.1 Å². The number of carbonyl (C=O) groups excluding carboxylic acids is 2. The maximum atomic E-state index is 12.1. The summed E-state index contributed by atoms with van der Waals surface area (Å²) >= 11 is 12.1.